The van der Waals surface area contributed by atoms with Gasteiger partial charge in [-0.25, -0.2) is 4.79 Å². The van der Waals surface area contributed by atoms with Gasteiger partial charge in [0.2, 0.25) is 5.91 Å². The first-order chi connectivity index (χ1) is 11.8. The second-order valence-corrected chi connectivity index (χ2v) is 14.9. The largest absolute Gasteiger partial charge is 0.455 e. The van der Waals surface area contributed by atoms with Gasteiger partial charge in [0.05, 0.1) is 12.0 Å². The van der Waals surface area contributed by atoms with Gasteiger partial charge in [-0.2, -0.15) is 0 Å². The van der Waals surface area contributed by atoms with Crippen molar-refractivity contribution in [2.45, 2.75) is 64.2 Å². The summed E-state index contributed by atoms with van der Waals surface area (Å²) in [6, 6.07) is 0. The molecule has 2 heterocycles. The van der Waals surface area contributed by atoms with Crippen LogP contribution in [0.5, 0.6) is 0 Å². The molecule has 0 radical (unpaired) electrons. The van der Waals surface area contributed by atoms with Gasteiger partial charge in [-0.1, -0.05) is 39.0 Å². The van der Waals surface area contributed by atoms with Crippen molar-refractivity contribution in [2.24, 2.45) is 5.92 Å². The molecule has 5 nitrogen and oxygen atoms in total. The van der Waals surface area contributed by atoms with Gasteiger partial charge in [0.1, 0.15) is 17.7 Å². The summed E-state index contributed by atoms with van der Waals surface area (Å²) in [5.74, 6) is -0.872. The van der Waals surface area contributed by atoms with E-state index in [-0.39, 0.29) is 40.0 Å². The fourth-order valence-corrected chi connectivity index (χ4v) is 5.80. The molecule has 146 valence electrons. The number of fused-ring (bicyclic) bond motifs is 1. The molecule has 0 aromatic carbocycles. The topological polar surface area (TPSA) is 55.8 Å². The Kier molecular flexibility index (Phi) is 6.08. The van der Waals surface area contributed by atoms with Crippen LogP contribution in [0, 0.1) is 5.92 Å². The number of carbonyl (C=O) groups excluding carboxylic acids is 2. The van der Waals surface area contributed by atoms with Crippen molar-refractivity contribution in [3.63, 3.8) is 0 Å². The van der Waals surface area contributed by atoms with Crippen molar-refractivity contribution >= 4 is 43.6 Å². The van der Waals surface area contributed by atoms with Crippen LogP contribution in [0.3, 0.4) is 0 Å². The van der Waals surface area contributed by atoms with Crippen LogP contribution in [-0.4, -0.2) is 43.2 Å². The number of esters is 1. The number of allylic oxidation sites excluding steroid dienone is 1. The third-order valence-corrected chi connectivity index (χ3v) is 11.3. The Bertz CT molecular complexity index is 671. The normalized spacial score (nSPS) is 24.3. The number of nitrogens with zero attached hydrogens (tertiary/aromatic N) is 1. The highest BCUT2D eigenvalue weighted by Gasteiger charge is 2.58. The number of ether oxygens (including phenoxy) is 1. The zero-order valence-corrected chi connectivity index (χ0v) is 19.1. The average molecular weight is 418 g/mol. The van der Waals surface area contributed by atoms with E-state index in [1.54, 1.807) is 0 Å². The summed E-state index contributed by atoms with van der Waals surface area (Å²) in [5, 5.41) is 0.205. The predicted octanol–water partition coefficient (Wildman–Crippen LogP) is 4.46. The first-order valence-electron chi connectivity index (χ1n) is 8.66. The highest BCUT2D eigenvalue weighted by Crippen LogP contribution is 2.51. The van der Waals surface area contributed by atoms with E-state index in [2.05, 4.69) is 40.4 Å². The summed E-state index contributed by atoms with van der Waals surface area (Å²) in [5.41, 5.74) is 0.318. The molecular formula is C18H28ClNO4SSi. The summed E-state index contributed by atoms with van der Waals surface area (Å²) < 4.78 is 11.5. The maximum atomic E-state index is 12.8. The van der Waals surface area contributed by atoms with Crippen molar-refractivity contribution in [1.82, 2.24) is 4.90 Å². The molecule has 0 spiro atoms. The minimum absolute atomic E-state index is 0.0666. The van der Waals surface area contributed by atoms with Gasteiger partial charge in [0.15, 0.2) is 8.32 Å². The molecule has 3 atom stereocenters. The standard InChI is InChI=1S/C18H28ClNO4SSi/c1-10(19)9-23-17(22)14-12(3)25-16-13(15(21)20(14)16)11(2)24-26(7,8)18(4,5)6/h11,13,16H,1,9H2,2-8H3/t11?,13-,16+/m0/s1. The Balaban J connectivity index is 2.08. The molecule has 0 N–H and O–H groups in total. The van der Waals surface area contributed by atoms with E-state index in [1.165, 1.54) is 16.7 Å². The molecule has 1 saturated heterocycles. The molecule has 0 aromatic rings. The van der Waals surface area contributed by atoms with E-state index < -0.39 is 14.3 Å². The molecular weight excluding hydrogens is 390 g/mol. The predicted molar refractivity (Wildman–Crippen MR) is 108 cm³/mol. The van der Waals surface area contributed by atoms with Crippen LogP contribution in [0.15, 0.2) is 22.2 Å². The lowest BCUT2D eigenvalue weighted by Crippen LogP contribution is -2.62. The van der Waals surface area contributed by atoms with Gasteiger partial charge in [0, 0.05) is 9.94 Å². The van der Waals surface area contributed by atoms with Crippen LogP contribution < -0.4 is 0 Å². The highest BCUT2D eigenvalue weighted by atomic mass is 35.5. The van der Waals surface area contributed by atoms with E-state index in [9.17, 15) is 9.59 Å². The average Bonchev–Trinajstić information content (AvgIpc) is 2.76. The summed E-state index contributed by atoms with van der Waals surface area (Å²) in [6.45, 7) is 18.1. The summed E-state index contributed by atoms with van der Waals surface area (Å²) >= 11 is 7.17. The Morgan fingerprint density at radius 3 is 2.50 bits per heavy atom. The first kappa shape index (κ1) is 21.5. The zero-order valence-electron chi connectivity index (χ0n) is 16.5. The molecule has 8 heteroatoms. The van der Waals surface area contributed by atoms with Crippen LogP contribution >= 0.6 is 23.4 Å². The van der Waals surface area contributed by atoms with Crippen LogP contribution in [0.1, 0.15) is 34.6 Å². The van der Waals surface area contributed by atoms with E-state index in [0.29, 0.717) is 5.70 Å². The molecule has 2 aliphatic heterocycles. The maximum Gasteiger partial charge on any atom is 0.356 e. The number of hydrogen-bond acceptors (Lipinski definition) is 5. The number of halogens is 1. The second kappa shape index (κ2) is 7.34. The SMILES string of the molecule is C=C(Cl)COC(=O)C1=C(C)S[C@@H]2[C@@H](C(C)O[Si](C)(C)C(C)(C)C)C(=O)N12. The molecule has 1 unspecified atom stereocenters. The van der Waals surface area contributed by atoms with Gasteiger partial charge < -0.3 is 9.16 Å². The summed E-state index contributed by atoms with van der Waals surface area (Å²) in [7, 11) is -1.98. The Labute approximate surface area is 166 Å². The summed E-state index contributed by atoms with van der Waals surface area (Å²) in [6.07, 6.45) is -0.192. The molecule has 0 saturated carbocycles. The minimum Gasteiger partial charge on any atom is -0.455 e. The third kappa shape index (κ3) is 3.91. The number of thioether (sulfide) groups is 1. The minimum atomic E-state index is -1.98. The van der Waals surface area contributed by atoms with Gasteiger partial charge in [-0.05, 0) is 32.0 Å². The van der Waals surface area contributed by atoms with Gasteiger partial charge in [-0.3, -0.25) is 9.69 Å². The van der Waals surface area contributed by atoms with Crippen molar-refractivity contribution < 1.29 is 18.8 Å². The number of amides is 1. The molecule has 0 aromatic heterocycles. The molecule has 1 fully saturated rings. The van der Waals surface area contributed by atoms with Crippen molar-refractivity contribution in [2.75, 3.05) is 6.61 Å². The fourth-order valence-electron chi connectivity index (χ4n) is 2.86. The smallest absolute Gasteiger partial charge is 0.356 e. The highest BCUT2D eigenvalue weighted by molar-refractivity contribution is 8.04. The van der Waals surface area contributed by atoms with E-state index in [1.807, 2.05) is 13.8 Å². The quantitative estimate of drug-likeness (QED) is 0.363. The van der Waals surface area contributed by atoms with Crippen molar-refractivity contribution in [3.05, 3.63) is 22.2 Å². The van der Waals surface area contributed by atoms with Crippen molar-refractivity contribution in [3.8, 4) is 0 Å². The Hall–Kier alpha value is -0.763. The number of rotatable bonds is 6. The van der Waals surface area contributed by atoms with Gasteiger partial charge in [0.25, 0.3) is 0 Å². The van der Waals surface area contributed by atoms with Gasteiger partial charge >= 0.3 is 5.97 Å². The lowest BCUT2D eigenvalue weighted by atomic mass is 9.92. The van der Waals surface area contributed by atoms with E-state index in [4.69, 9.17) is 20.8 Å². The maximum absolute atomic E-state index is 12.8. The molecule has 2 aliphatic rings. The lowest BCUT2D eigenvalue weighted by molar-refractivity contribution is -0.157. The van der Waals surface area contributed by atoms with E-state index >= 15 is 0 Å². The van der Waals surface area contributed by atoms with Crippen LogP contribution in [0.4, 0.5) is 0 Å². The molecule has 2 rings (SSSR count). The Morgan fingerprint density at radius 1 is 1.42 bits per heavy atom. The monoisotopic (exact) mass is 417 g/mol. The number of carbonyl (C=O) groups is 2. The van der Waals surface area contributed by atoms with Crippen molar-refractivity contribution in [1.29, 1.82) is 0 Å². The summed E-state index contributed by atoms with van der Waals surface area (Å²) in [4.78, 5) is 27.4. The number of hydrogen-bond donors (Lipinski definition) is 0. The fraction of sp³-hybridized carbons (Fsp3) is 0.667. The number of β-lactam (4-membered cyclic amide) rings is 1. The zero-order chi connectivity index (χ0) is 20.0. The van der Waals surface area contributed by atoms with Gasteiger partial charge in [-0.15, -0.1) is 11.8 Å². The first-order valence-corrected chi connectivity index (χ1v) is 12.8. The Morgan fingerprint density at radius 2 is 2.00 bits per heavy atom. The molecule has 0 aliphatic carbocycles. The lowest BCUT2D eigenvalue weighted by Gasteiger charge is -2.48. The second-order valence-electron chi connectivity index (χ2n) is 8.32. The molecule has 0 bridgehead atoms. The third-order valence-electron chi connectivity index (χ3n) is 5.30. The molecule has 26 heavy (non-hydrogen) atoms. The van der Waals surface area contributed by atoms with E-state index in [0.717, 1.165) is 4.91 Å². The molecule has 1 amide bonds. The van der Waals surface area contributed by atoms with Crippen LogP contribution in [0.2, 0.25) is 18.1 Å². The van der Waals surface area contributed by atoms with Crippen LogP contribution in [0.25, 0.3) is 0 Å². The van der Waals surface area contributed by atoms with Crippen LogP contribution in [-0.2, 0) is 18.8 Å².